The Morgan fingerprint density at radius 1 is 0.767 bits per heavy atom. The summed E-state index contributed by atoms with van der Waals surface area (Å²) in [6, 6.07) is 13.6. The summed E-state index contributed by atoms with van der Waals surface area (Å²) in [5.41, 5.74) is 0.969. The zero-order chi connectivity index (χ0) is 30.5. The highest BCUT2D eigenvalue weighted by Crippen LogP contribution is 2.44. The molecule has 0 saturated carbocycles. The second-order valence-corrected chi connectivity index (χ2v) is 9.14. The van der Waals surface area contributed by atoms with Crippen LogP contribution in [-0.2, 0) is 0 Å². The van der Waals surface area contributed by atoms with E-state index < -0.39 is 11.0 Å². The van der Waals surface area contributed by atoms with E-state index in [0.29, 0.717) is 46.0 Å². The molecule has 1 N–H and O–H groups in total. The third-order valence-electron chi connectivity index (χ3n) is 6.62. The molecule has 43 heavy (non-hydrogen) atoms. The maximum absolute atomic E-state index is 13.9. The molecular weight excluding hydrogens is 560 g/mol. The summed E-state index contributed by atoms with van der Waals surface area (Å²) < 4.78 is 45.2. The molecule has 0 aliphatic carbocycles. The van der Waals surface area contributed by atoms with Crippen molar-refractivity contribution in [1.82, 2.24) is 9.97 Å². The molecule has 0 aliphatic rings. The molecule has 0 amide bonds. The highest BCUT2D eigenvalue weighted by molar-refractivity contribution is 5.89. The molecule has 0 saturated heterocycles. The lowest BCUT2D eigenvalue weighted by Crippen LogP contribution is -2.16. The summed E-state index contributed by atoms with van der Waals surface area (Å²) in [6.07, 6.45) is 0.319. The molecule has 224 valence electrons. The fourth-order valence-corrected chi connectivity index (χ4v) is 4.57. The lowest BCUT2D eigenvalue weighted by molar-refractivity contribution is 0.238. The number of aromatic amines is 1. The molecule has 2 heterocycles. The number of aromatic nitrogens is 2. The van der Waals surface area contributed by atoms with E-state index in [1.54, 1.807) is 42.5 Å². The third-order valence-corrected chi connectivity index (χ3v) is 6.62. The minimum absolute atomic E-state index is 0.0532. The summed E-state index contributed by atoms with van der Waals surface area (Å²) in [4.78, 5) is 33.3. The first-order valence-electron chi connectivity index (χ1n) is 13.2. The molecule has 0 atom stereocenters. The van der Waals surface area contributed by atoms with Gasteiger partial charge in [0.15, 0.2) is 17.3 Å². The van der Waals surface area contributed by atoms with Crippen LogP contribution in [-0.4, -0.2) is 58.7 Å². The van der Waals surface area contributed by atoms with Gasteiger partial charge in [-0.25, -0.2) is 4.98 Å². The predicted molar refractivity (Wildman–Crippen MR) is 159 cm³/mol. The van der Waals surface area contributed by atoms with E-state index in [1.807, 2.05) is 6.07 Å². The van der Waals surface area contributed by atoms with Gasteiger partial charge in [-0.3, -0.25) is 9.59 Å². The Balaban J connectivity index is 1.50. The Bertz CT molecular complexity index is 1870. The SMILES string of the molecule is COc1cc(OC)c2c(=O)c(OCCCOc3nc4ccccc4[nH]c3=O)c(-c3cc(OC)c(OC)c(OC)c3)oc2c1. The minimum atomic E-state index is -0.460. The highest BCUT2D eigenvalue weighted by atomic mass is 16.5. The van der Waals surface area contributed by atoms with Crippen molar-refractivity contribution < 1.29 is 37.6 Å². The van der Waals surface area contributed by atoms with E-state index in [2.05, 4.69) is 9.97 Å². The third kappa shape index (κ3) is 5.71. The van der Waals surface area contributed by atoms with Crippen molar-refractivity contribution >= 4 is 22.0 Å². The Morgan fingerprint density at radius 3 is 2.14 bits per heavy atom. The lowest BCUT2D eigenvalue weighted by atomic mass is 10.1. The largest absolute Gasteiger partial charge is 0.496 e. The maximum atomic E-state index is 13.9. The van der Waals surface area contributed by atoms with Crippen LogP contribution in [0.25, 0.3) is 33.3 Å². The number of hydrogen-bond acceptors (Lipinski definition) is 11. The maximum Gasteiger partial charge on any atom is 0.311 e. The number of nitrogens with one attached hydrogen (secondary N) is 1. The summed E-state index contributed by atoms with van der Waals surface area (Å²) in [6.45, 7) is 0.158. The van der Waals surface area contributed by atoms with Crippen LogP contribution in [0.1, 0.15) is 6.42 Å². The summed E-state index contributed by atoms with van der Waals surface area (Å²) in [5, 5.41) is 0.178. The van der Waals surface area contributed by atoms with Gasteiger partial charge in [0.25, 0.3) is 5.88 Å². The molecule has 0 unspecified atom stereocenters. The lowest BCUT2D eigenvalue weighted by Gasteiger charge is -2.17. The topological polar surface area (TPSA) is 141 Å². The van der Waals surface area contributed by atoms with Gasteiger partial charge in [-0.1, -0.05) is 12.1 Å². The van der Waals surface area contributed by atoms with Crippen LogP contribution in [0.15, 0.2) is 62.5 Å². The van der Waals surface area contributed by atoms with Crippen LogP contribution in [0.3, 0.4) is 0 Å². The van der Waals surface area contributed by atoms with Crippen LogP contribution in [0.2, 0.25) is 0 Å². The predicted octanol–water partition coefficient (Wildman–Crippen LogP) is 4.59. The average molecular weight is 591 g/mol. The quantitative estimate of drug-likeness (QED) is 0.204. The Hall–Kier alpha value is -5.39. The molecule has 0 spiro atoms. The second-order valence-electron chi connectivity index (χ2n) is 9.14. The summed E-state index contributed by atoms with van der Waals surface area (Å²) in [5.74, 6) is 1.79. The molecule has 0 aliphatic heterocycles. The van der Waals surface area contributed by atoms with Crippen LogP contribution in [0.5, 0.6) is 40.4 Å². The van der Waals surface area contributed by atoms with E-state index in [0.717, 1.165) is 0 Å². The Labute approximate surface area is 245 Å². The van der Waals surface area contributed by atoms with Gasteiger partial charge in [0.1, 0.15) is 22.5 Å². The minimum Gasteiger partial charge on any atom is -0.496 e. The molecule has 3 aromatic carbocycles. The van der Waals surface area contributed by atoms with Crippen LogP contribution in [0, 0.1) is 0 Å². The zero-order valence-electron chi connectivity index (χ0n) is 24.3. The number of fused-ring (bicyclic) bond motifs is 2. The number of benzene rings is 3. The van der Waals surface area contributed by atoms with Gasteiger partial charge in [-0.05, 0) is 24.3 Å². The van der Waals surface area contributed by atoms with E-state index in [4.69, 9.17) is 37.6 Å². The average Bonchev–Trinajstić information content (AvgIpc) is 3.03. The van der Waals surface area contributed by atoms with Gasteiger partial charge in [-0.15, -0.1) is 0 Å². The van der Waals surface area contributed by atoms with Crippen LogP contribution in [0.4, 0.5) is 0 Å². The van der Waals surface area contributed by atoms with Crippen molar-refractivity contribution in [3.05, 3.63) is 69.1 Å². The molecule has 0 bridgehead atoms. The molecular formula is C31H30N2O10. The van der Waals surface area contributed by atoms with E-state index in [-0.39, 0.29) is 47.3 Å². The first kappa shape index (κ1) is 29.1. The van der Waals surface area contributed by atoms with Crippen molar-refractivity contribution in [1.29, 1.82) is 0 Å². The Morgan fingerprint density at radius 2 is 1.47 bits per heavy atom. The Kier molecular flexibility index (Phi) is 8.56. The first-order valence-corrected chi connectivity index (χ1v) is 13.2. The monoisotopic (exact) mass is 590 g/mol. The first-order chi connectivity index (χ1) is 20.9. The number of nitrogens with zero attached hydrogens (tertiary/aromatic N) is 1. The number of methoxy groups -OCH3 is 5. The number of hydrogen-bond donors (Lipinski definition) is 1. The fraction of sp³-hybridized carbons (Fsp3) is 0.258. The van der Waals surface area contributed by atoms with Gasteiger partial charge in [0, 0.05) is 24.1 Å². The van der Waals surface area contributed by atoms with Crippen molar-refractivity contribution in [3.8, 4) is 51.7 Å². The molecule has 2 aromatic heterocycles. The van der Waals surface area contributed by atoms with E-state index in [1.165, 1.54) is 35.5 Å². The van der Waals surface area contributed by atoms with Gasteiger partial charge in [-0.2, -0.15) is 0 Å². The number of ether oxygens (including phenoxy) is 7. The van der Waals surface area contributed by atoms with Crippen molar-refractivity contribution in [2.24, 2.45) is 0 Å². The van der Waals surface area contributed by atoms with Crippen LogP contribution >= 0.6 is 0 Å². The standard InChI is InChI=1S/C31H30N2O10/c1-36-18-15-21(37-2)25-22(16-18)43-27(17-13-23(38-3)28(40-5)24(14-17)39-4)29(26(25)34)41-11-8-12-42-31-30(35)32-19-9-6-7-10-20(19)33-31/h6-7,9-10,13-16H,8,11-12H2,1-5H3,(H,32,35). The zero-order valence-corrected chi connectivity index (χ0v) is 24.3. The molecule has 0 fully saturated rings. The summed E-state index contributed by atoms with van der Waals surface area (Å²) >= 11 is 0. The smallest absolute Gasteiger partial charge is 0.311 e. The second kappa shape index (κ2) is 12.6. The van der Waals surface area contributed by atoms with E-state index in [9.17, 15) is 9.59 Å². The summed E-state index contributed by atoms with van der Waals surface area (Å²) in [7, 11) is 7.41. The van der Waals surface area contributed by atoms with Crippen LogP contribution < -0.4 is 44.1 Å². The van der Waals surface area contributed by atoms with Gasteiger partial charge in [0.05, 0.1) is 59.8 Å². The number of para-hydroxylation sites is 2. The number of rotatable bonds is 12. The molecule has 12 heteroatoms. The molecule has 5 rings (SSSR count). The van der Waals surface area contributed by atoms with Crippen molar-refractivity contribution in [3.63, 3.8) is 0 Å². The highest BCUT2D eigenvalue weighted by Gasteiger charge is 2.24. The van der Waals surface area contributed by atoms with Gasteiger partial charge < -0.3 is 42.6 Å². The molecule has 5 aromatic rings. The van der Waals surface area contributed by atoms with Gasteiger partial charge in [0.2, 0.25) is 16.9 Å². The normalized spacial score (nSPS) is 10.9. The fourth-order valence-electron chi connectivity index (χ4n) is 4.57. The van der Waals surface area contributed by atoms with Crippen molar-refractivity contribution in [2.75, 3.05) is 48.8 Å². The number of H-pyrrole nitrogens is 1. The van der Waals surface area contributed by atoms with Crippen molar-refractivity contribution in [2.45, 2.75) is 6.42 Å². The van der Waals surface area contributed by atoms with E-state index >= 15 is 0 Å². The molecule has 12 nitrogen and oxygen atoms in total. The van der Waals surface area contributed by atoms with Gasteiger partial charge >= 0.3 is 5.56 Å². The molecule has 0 radical (unpaired) electrons.